The summed E-state index contributed by atoms with van der Waals surface area (Å²) in [6.45, 7) is 2.01. The largest absolute Gasteiger partial charge is 0.361 e. The molecule has 0 radical (unpaired) electrons. The molecule has 1 heterocycles. The van der Waals surface area contributed by atoms with Crippen LogP contribution in [-0.2, 0) is 4.79 Å². The maximum atomic E-state index is 11.3. The summed E-state index contributed by atoms with van der Waals surface area (Å²) >= 11 is 6.15. The first-order valence-corrected chi connectivity index (χ1v) is 6.70. The Morgan fingerprint density at radius 2 is 2.25 bits per heavy atom. The van der Waals surface area contributed by atoms with E-state index in [1.165, 1.54) is 0 Å². The smallest absolute Gasteiger partial charge is 0.239 e. The number of amides is 1. The average Bonchev–Trinajstić information content (AvgIpc) is 2.44. The number of benzene rings is 1. The van der Waals surface area contributed by atoms with E-state index in [-0.39, 0.29) is 18.5 Å². The Morgan fingerprint density at radius 3 is 2.90 bits per heavy atom. The van der Waals surface area contributed by atoms with Crippen LogP contribution in [0.2, 0.25) is 5.02 Å². The predicted octanol–water partition coefficient (Wildman–Crippen LogP) is 2.07. The Hall–Kier alpha value is -1.85. The number of anilines is 1. The van der Waals surface area contributed by atoms with Crippen LogP contribution >= 0.6 is 11.6 Å². The minimum Gasteiger partial charge on any atom is -0.361 e. The van der Waals surface area contributed by atoms with Gasteiger partial charge in [0.2, 0.25) is 5.91 Å². The first-order valence-electron chi connectivity index (χ1n) is 6.32. The molecule has 1 aromatic carbocycles. The van der Waals surface area contributed by atoms with Gasteiger partial charge in [-0.25, -0.2) is 4.98 Å². The van der Waals surface area contributed by atoms with E-state index in [1.54, 1.807) is 13.1 Å². The topological polar surface area (TPSA) is 80.0 Å². The first kappa shape index (κ1) is 14.6. The van der Waals surface area contributed by atoms with Crippen LogP contribution in [0.25, 0.3) is 10.9 Å². The van der Waals surface area contributed by atoms with E-state index < -0.39 is 0 Å². The molecule has 0 saturated carbocycles. The van der Waals surface area contributed by atoms with Gasteiger partial charge in [0, 0.05) is 24.0 Å². The summed E-state index contributed by atoms with van der Waals surface area (Å²) in [5.74, 6) is 0.464. The molecule has 106 valence electrons. The van der Waals surface area contributed by atoms with Gasteiger partial charge in [-0.1, -0.05) is 23.7 Å². The number of pyridine rings is 1. The minimum atomic E-state index is -0.196. The number of halogens is 1. The molecule has 20 heavy (non-hydrogen) atoms. The summed E-state index contributed by atoms with van der Waals surface area (Å²) in [5, 5.41) is 7.05. The molecule has 0 aliphatic carbocycles. The number of nitrogens with two attached hydrogens (primary N) is 1. The Kier molecular flexibility index (Phi) is 4.42. The van der Waals surface area contributed by atoms with E-state index in [1.807, 2.05) is 25.1 Å². The number of fused-ring (bicyclic) bond motifs is 1. The molecule has 2 rings (SSSR count). The third-order valence-corrected chi connectivity index (χ3v) is 3.32. The highest BCUT2D eigenvalue weighted by atomic mass is 35.5. The highest BCUT2D eigenvalue weighted by molar-refractivity contribution is 6.35. The summed E-state index contributed by atoms with van der Waals surface area (Å²) in [7, 11) is 1.58. The second-order valence-corrected chi connectivity index (χ2v) is 4.96. The van der Waals surface area contributed by atoms with Crippen molar-refractivity contribution < 1.29 is 4.79 Å². The number of hydrogen-bond acceptors (Lipinski definition) is 4. The van der Waals surface area contributed by atoms with Gasteiger partial charge < -0.3 is 16.4 Å². The number of rotatable bonds is 4. The monoisotopic (exact) mass is 292 g/mol. The van der Waals surface area contributed by atoms with E-state index in [0.29, 0.717) is 16.4 Å². The number of nitrogens with zero attached hydrogens (tertiary/aromatic N) is 1. The molecule has 0 saturated heterocycles. The van der Waals surface area contributed by atoms with Crippen molar-refractivity contribution in [3.8, 4) is 0 Å². The third kappa shape index (κ3) is 3.00. The van der Waals surface area contributed by atoms with Crippen LogP contribution in [0.3, 0.4) is 0 Å². The van der Waals surface area contributed by atoms with Crippen molar-refractivity contribution in [2.45, 2.75) is 13.0 Å². The number of para-hydroxylation sites is 1. The van der Waals surface area contributed by atoms with Crippen LogP contribution in [0.5, 0.6) is 0 Å². The van der Waals surface area contributed by atoms with E-state index in [4.69, 9.17) is 17.3 Å². The summed E-state index contributed by atoms with van der Waals surface area (Å²) < 4.78 is 0. The summed E-state index contributed by atoms with van der Waals surface area (Å²) in [6.07, 6.45) is 0. The molecule has 0 bridgehead atoms. The van der Waals surface area contributed by atoms with Crippen molar-refractivity contribution in [2.75, 3.05) is 18.9 Å². The molecule has 1 amide bonds. The lowest BCUT2D eigenvalue weighted by Gasteiger charge is -2.15. The van der Waals surface area contributed by atoms with E-state index in [9.17, 15) is 4.79 Å². The predicted molar refractivity (Wildman–Crippen MR) is 81.9 cm³/mol. The molecule has 1 aromatic heterocycles. The highest BCUT2D eigenvalue weighted by Crippen LogP contribution is 2.28. The molecule has 5 nitrogen and oxygen atoms in total. The van der Waals surface area contributed by atoms with Crippen molar-refractivity contribution >= 4 is 34.2 Å². The van der Waals surface area contributed by atoms with Gasteiger partial charge in [0.15, 0.2) is 0 Å². The molecule has 4 N–H and O–H groups in total. The molecular weight excluding hydrogens is 276 g/mol. The number of carbonyl (C=O) groups excluding carboxylic acids is 1. The van der Waals surface area contributed by atoms with Crippen LogP contribution in [-0.4, -0.2) is 24.5 Å². The van der Waals surface area contributed by atoms with Gasteiger partial charge >= 0.3 is 0 Å². The van der Waals surface area contributed by atoms with Gasteiger partial charge in [0.1, 0.15) is 5.82 Å². The molecule has 0 aliphatic heterocycles. The summed E-state index contributed by atoms with van der Waals surface area (Å²) in [4.78, 5) is 15.8. The summed E-state index contributed by atoms with van der Waals surface area (Å²) in [6, 6.07) is 7.34. The van der Waals surface area contributed by atoms with Crippen LogP contribution in [0.4, 0.5) is 5.82 Å². The zero-order chi connectivity index (χ0) is 14.7. The maximum Gasteiger partial charge on any atom is 0.239 e. The molecule has 6 heteroatoms. The SMILES string of the molecule is CNC(=O)CNc1nc2c(Cl)cccc2cc1C(C)N. The molecular formula is C14H17ClN4O. The van der Waals surface area contributed by atoms with E-state index in [0.717, 1.165) is 10.9 Å². The molecule has 0 fully saturated rings. The fourth-order valence-electron chi connectivity index (χ4n) is 1.92. The first-order chi connectivity index (χ1) is 9.52. The molecule has 1 atom stereocenters. The van der Waals surface area contributed by atoms with E-state index in [2.05, 4.69) is 15.6 Å². The van der Waals surface area contributed by atoms with Gasteiger partial charge in [-0.2, -0.15) is 0 Å². The Bertz CT molecular complexity index is 642. The standard InChI is InChI=1S/C14H17ClN4O/c1-8(16)10-6-9-4-3-5-11(15)13(9)19-14(10)18-7-12(20)17-2/h3-6,8H,7,16H2,1-2H3,(H,17,20)(H,18,19). The number of carbonyl (C=O) groups is 1. The normalized spacial score (nSPS) is 12.2. The van der Waals surface area contributed by atoms with Gasteiger partial charge in [0.05, 0.1) is 17.1 Å². The number of hydrogen-bond donors (Lipinski definition) is 3. The average molecular weight is 293 g/mol. The van der Waals surface area contributed by atoms with Gasteiger partial charge in [-0.05, 0) is 19.1 Å². The number of aromatic nitrogens is 1. The fraction of sp³-hybridized carbons (Fsp3) is 0.286. The fourth-order valence-corrected chi connectivity index (χ4v) is 2.14. The van der Waals surface area contributed by atoms with Gasteiger partial charge in [-0.3, -0.25) is 4.79 Å². The number of likely N-dealkylation sites (N-methyl/N-ethyl adjacent to an activating group) is 1. The summed E-state index contributed by atoms with van der Waals surface area (Å²) in [5.41, 5.74) is 7.51. The van der Waals surface area contributed by atoms with Crippen molar-refractivity contribution in [2.24, 2.45) is 5.73 Å². The second-order valence-electron chi connectivity index (χ2n) is 4.55. The van der Waals surface area contributed by atoms with Crippen molar-refractivity contribution in [1.29, 1.82) is 0 Å². The number of nitrogens with one attached hydrogen (secondary N) is 2. The van der Waals surface area contributed by atoms with Crippen LogP contribution in [0, 0.1) is 0 Å². The minimum absolute atomic E-state index is 0.123. The lowest BCUT2D eigenvalue weighted by molar-refractivity contribution is -0.118. The maximum absolute atomic E-state index is 11.3. The molecule has 1 unspecified atom stereocenters. The third-order valence-electron chi connectivity index (χ3n) is 3.01. The lowest BCUT2D eigenvalue weighted by Crippen LogP contribution is -2.27. The Balaban J connectivity index is 2.46. The van der Waals surface area contributed by atoms with Crippen molar-refractivity contribution in [1.82, 2.24) is 10.3 Å². The van der Waals surface area contributed by atoms with E-state index >= 15 is 0 Å². The zero-order valence-corrected chi connectivity index (χ0v) is 12.2. The quantitative estimate of drug-likeness (QED) is 0.806. The van der Waals surface area contributed by atoms with Crippen LogP contribution in [0.15, 0.2) is 24.3 Å². The van der Waals surface area contributed by atoms with Gasteiger partial charge in [0.25, 0.3) is 0 Å². The molecule has 0 spiro atoms. The Morgan fingerprint density at radius 1 is 1.50 bits per heavy atom. The van der Waals surface area contributed by atoms with Crippen LogP contribution < -0.4 is 16.4 Å². The second kappa shape index (κ2) is 6.07. The molecule has 0 aliphatic rings. The highest BCUT2D eigenvalue weighted by Gasteiger charge is 2.12. The van der Waals surface area contributed by atoms with Crippen molar-refractivity contribution in [3.05, 3.63) is 34.9 Å². The van der Waals surface area contributed by atoms with Gasteiger partial charge in [-0.15, -0.1) is 0 Å². The van der Waals surface area contributed by atoms with Crippen molar-refractivity contribution in [3.63, 3.8) is 0 Å². The Labute approximate surface area is 122 Å². The van der Waals surface area contributed by atoms with Crippen LogP contribution in [0.1, 0.15) is 18.5 Å². The zero-order valence-electron chi connectivity index (χ0n) is 11.4. The lowest BCUT2D eigenvalue weighted by atomic mass is 10.1. The molecule has 2 aromatic rings.